The average molecular weight is 390 g/mol. The van der Waals surface area contributed by atoms with Crippen molar-refractivity contribution in [2.24, 2.45) is 0 Å². The number of carbonyl (C=O) groups excluding carboxylic acids is 3. The van der Waals surface area contributed by atoms with E-state index in [0.717, 1.165) is 12.8 Å². The molecule has 2 rings (SSSR count). The zero-order valence-electron chi connectivity index (χ0n) is 16.6. The summed E-state index contributed by atoms with van der Waals surface area (Å²) in [6.07, 6.45) is 1.82. The fourth-order valence-electron chi connectivity index (χ4n) is 3.26. The van der Waals surface area contributed by atoms with E-state index < -0.39 is 17.7 Å². The van der Waals surface area contributed by atoms with Crippen molar-refractivity contribution in [3.63, 3.8) is 0 Å². The molecule has 1 heterocycles. The number of hydrogen-bond donors (Lipinski definition) is 1. The van der Waals surface area contributed by atoms with Crippen LogP contribution >= 0.6 is 0 Å². The number of allylic oxidation sites excluding steroid dienone is 1. The van der Waals surface area contributed by atoms with Crippen LogP contribution in [0.2, 0.25) is 0 Å². The van der Waals surface area contributed by atoms with Crippen LogP contribution < -0.4 is 5.32 Å². The fourth-order valence-corrected chi connectivity index (χ4v) is 3.26. The molecule has 1 aromatic rings. The van der Waals surface area contributed by atoms with E-state index in [1.54, 1.807) is 26.0 Å². The van der Waals surface area contributed by atoms with Gasteiger partial charge in [0, 0.05) is 24.6 Å². The number of nitrogens with one attached hydrogen (secondary N) is 1. The Morgan fingerprint density at radius 1 is 1.25 bits per heavy atom. The summed E-state index contributed by atoms with van der Waals surface area (Å²) in [6, 6.07) is 5.72. The highest BCUT2D eigenvalue weighted by Gasteiger charge is 2.37. The van der Waals surface area contributed by atoms with Gasteiger partial charge in [-0.05, 0) is 38.0 Å². The largest absolute Gasteiger partial charge is 0.463 e. The van der Waals surface area contributed by atoms with E-state index in [4.69, 9.17) is 4.74 Å². The third-order valence-electron chi connectivity index (χ3n) is 4.74. The van der Waals surface area contributed by atoms with E-state index in [1.165, 1.54) is 17.0 Å². The highest BCUT2D eigenvalue weighted by Crippen LogP contribution is 2.37. The number of amides is 2. The molecule has 0 fully saturated rings. The van der Waals surface area contributed by atoms with Crippen molar-refractivity contribution in [1.82, 2.24) is 10.2 Å². The summed E-state index contributed by atoms with van der Waals surface area (Å²) in [5, 5.41) is 2.78. The summed E-state index contributed by atoms with van der Waals surface area (Å²) in [6.45, 7) is 5.95. The lowest BCUT2D eigenvalue weighted by atomic mass is 9.83. The standard InChI is InChI=1S/C21H27FN2O4/c1-4-6-11-23-18(25)13-24-14(3)20(21(27)28-5-2)17(12-19(24)26)15-7-9-16(22)10-8-15/h7-10,17H,4-6,11-13H2,1-3H3,(H,23,25)/t17-/m1/s1. The van der Waals surface area contributed by atoms with Crippen LogP contribution in [0.1, 0.15) is 51.5 Å². The number of ether oxygens (including phenoxy) is 1. The summed E-state index contributed by atoms with van der Waals surface area (Å²) in [4.78, 5) is 38.9. The molecule has 0 spiro atoms. The Morgan fingerprint density at radius 3 is 2.54 bits per heavy atom. The van der Waals surface area contributed by atoms with E-state index in [2.05, 4.69) is 5.32 Å². The number of unbranched alkanes of at least 4 members (excludes halogenated alkanes) is 1. The third kappa shape index (κ3) is 5.18. The molecule has 0 unspecified atom stereocenters. The van der Waals surface area contributed by atoms with Gasteiger partial charge in [-0.3, -0.25) is 9.59 Å². The minimum atomic E-state index is -0.536. The summed E-state index contributed by atoms with van der Waals surface area (Å²) >= 11 is 0. The molecule has 0 saturated carbocycles. The van der Waals surface area contributed by atoms with Gasteiger partial charge >= 0.3 is 5.97 Å². The van der Waals surface area contributed by atoms with Gasteiger partial charge in [0.25, 0.3) is 0 Å². The topological polar surface area (TPSA) is 75.7 Å². The van der Waals surface area contributed by atoms with Gasteiger partial charge in [0.05, 0.1) is 12.2 Å². The van der Waals surface area contributed by atoms with Crippen molar-refractivity contribution in [3.05, 3.63) is 46.9 Å². The second-order valence-corrected chi connectivity index (χ2v) is 6.71. The molecular formula is C21H27FN2O4. The lowest BCUT2D eigenvalue weighted by Gasteiger charge is -2.34. The van der Waals surface area contributed by atoms with Crippen LogP contribution in [-0.4, -0.2) is 42.4 Å². The van der Waals surface area contributed by atoms with Gasteiger partial charge in [0.15, 0.2) is 0 Å². The predicted molar refractivity (Wildman–Crippen MR) is 103 cm³/mol. The first kappa shape index (κ1) is 21.6. The zero-order valence-corrected chi connectivity index (χ0v) is 16.6. The van der Waals surface area contributed by atoms with Crippen molar-refractivity contribution in [2.45, 2.75) is 46.0 Å². The monoisotopic (exact) mass is 390 g/mol. The number of hydrogen-bond acceptors (Lipinski definition) is 4. The number of nitrogens with zero attached hydrogens (tertiary/aromatic N) is 1. The Kier molecular flexibility index (Phi) is 7.72. The van der Waals surface area contributed by atoms with E-state index in [0.29, 0.717) is 23.4 Å². The van der Waals surface area contributed by atoms with Crippen LogP contribution in [0.4, 0.5) is 4.39 Å². The Bertz CT molecular complexity index is 758. The highest BCUT2D eigenvalue weighted by atomic mass is 19.1. The molecule has 1 atom stereocenters. The summed E-state index contributed by atoms with van der Waals surface area (Å²) in [5.41, 5.74) is 1.38. The molecule has 2 amide bonds. The zero-order chi connectivity index (χ0) is 20.7. The molecule has 6 nitrogen and oxygen atoms in total. The lowest BCUT2D eigenvalue weighted by Crippen LogP contribution is -2.44. The van der Waals surface area contributed by atoms with Crippen LogP contribution in [0.5, 0.6) is 0 Å². The first-order valence-corrected chi connectivity index (χ1v) is 9.59. The van der Waals surface area contributed by atoms with Crippen LogP contribution in [0, 0.1) is 5.82 Å². The molecule has 1 aliphatic heterocycles. The molecule has 0 saturated heterocycles. The number of benzene rings is 1. The second kappa shape index (κ2) is 10.0. The predicted octanol–water partition coefficient (Wildman–Crippen LogP) is 2.90. The number of rotatable bonds is 8. The van der Waals surface area contributed by atoms with Crippen molar-refractivity contribution < 1.29 is 23.5 Å². The Morgan fingerprint density at radius 2 is 1.93 bits per heavy atom. The van der Waals surface area contributed by atoms with Crippen molar-refractivity contribution >= 4 is 17.8 Å². The summed E-state index contributed by atoms with van der Waals surface area (Å²) in [7, 11) is 0. The molecule has 28 heavy (non-hydrogen) atoms. The second-order valence-electron chi connectivity index (χ2n) is 6.71. The molecule has 1 aliphatic rings. The molecule has 1 aromatic carbocycles. The van der Waals surface area contributed by atoms with Gasteiger partial charge in [-0.25, -0.2) is 9.18 Å². The van der Waals surface area contributed by atoms with E-state index >= 15 is 0 Å². The maximum absolute atomic E-state index is 13.3. The van der Waals surface area contributed by atoms with Crippen molar-refractivity contribution in [1.29, 1.82) is 0 Å². The van der Waals surface area contributed by atoms with Crippen LogP contribution in [0.25, 0.3) is 0 Å². The highest BCUT2D eigenvalue weighted by molar-refractivity contribution is 5.97. The van der Waals surface area contributed by atoms with Crippen LogP contribution in [0.15, 0.2) is 35.5 Å². The lowest BCUT2D eigenvalue weighted by molar-refractivity contribution is -0.141. The normalized spacial score (nSPS) is 16.9. The smallest absolute Gasteiger partial charge is 0.336 e. The number of carbonyl (C=O) groups is 3. The van der Waals surface area contributed by atoms with Crippen molar-refractivity contribution in [3.8, 4) is 0 Å². The third-order valence-corrected chi connectivity index (χ3v) is 4.74. The van der Waals surface area contributed by atoms with Gasteiger partial charge in [0.2, 0.25) is 11.8 Å². The molecule has 0 aliphatic carbocycles. The molecule has 0 aromatic heterocycles. The fraction of sp³-hybridized carbons (Fsp3) is 0.476. The van der Waals surface area contributed by atoms with Gasteiger partial charge in [-0.15, -0.1) is 0 Å². The van der Waals surface area contributed by atoms with Gasteiger partial charge < -0.3 is 15.0 Å². The first-order valence-electron chi connectivity index (χ1n) is 9.59. The average Bonchev–Trinajstić information content (AvgIpc) is 2.65. The molecule has 0 bridgehead atoms. The van der Waals surface area contributed by atoms with E-state index in [9.17, 15) is 18.8 Å². The summed E-state index contributed by atoms with van der Waals surface area (Å²) in [5.74, 6) is -1.99. The summed E-state index contributed by atoms with van der Waals surface area (Å²) < 4.78 is 18.5. The Labute approximate surface area is 164 Å². The minimum Gasteiger partial charge on any atom is -0.463 e. The van der Waals surface area contributed by atoms with Gasteiger partial charge in [0.1, 0.15) is 12.4 Å². The Hall–Kier alpha value is -2.70. The van der Waals surface area contributed by atoms with Crippen LogP contribution in [0.3, 0.4) is 0 Å². The molecule has 7 heteroatoms. The van der Waals surface area contributed by atoms with Gasteiger partial charge in [-0.1, -0.05) is 25.5 Å². The van der Waals surface area contributed by atoms with Gasteiger partial charge in [-0.2, -0.15) is 0 Å². The molecular weight excluding hydrogens is 363 g/mol. The SMILES string of the molecule is CCCCNC(=O)CN1C(=O)C[C@H](c2ccc(F)cc2)C(C(=O)OCC)=C1C. The minimum absolute atomic E-state index is 0.0133. The molecule has 0 radical (unpaired) electrons. The number of esters is 1. The maximum Gasteiger partial charge on any atom is 0.336 e. The van der Waals surface area contributed by atoms with Crippen molar-refractivity contribution in [2.75, 3.05) is 19.7 Å². The Balaban J connectivity index is 2.33. The van der Waals surface area contributed by atoms with E-state index in [1.807, 2.05) is 6.92 Å². The van der Waals surface area contributed by atoms with E-state index in [-0.39, 0.29) is 31.4 Å². The van der Waals surface area contributed by atoms with Crippen LogP contribution in [-0.2, 0) is 19.1 Å². The molecule has 152 valence electrons. The quantitative estimate of drug-likeness (QED) is 0.547. The molecule has 1 N–H and O–H groups in total. The maximum atomic E-state index is 13.3. The number of halogens is 1. The first-order chi connectivity index (χ1) is 13.4.